The number of aromatic nitrogens is 4. The Morgan fingerprint density at radius 3 is 2.80 bits per heavy atom. The van der Waals surface area contributed by atoms with Crippen LogP contribution in [0.3, 0.4) is 0 Å². The average Bonchev–Trinajstić information content (AvgIpc) is 2.68. The summed E-state index contributed by atoms with van der Waals surface area (Å²) in [5, 5.41) is 15.7. The number of hydrogen-bond donors (Lipinski definition) is 1. The van der Waals surface area contributed by atoms with Gasteiger partial charge in [-0.1, -0.05) is 5.21 Å². The fourth-order valence-electron chi connectivity index (χ4n) is 0.977. The van der Waals surface area contributed by atoms with Crippen molar-refractivity contribution < 1.29 is 9.90 Å². The SMILES string of the molecule is Cl.O=C(O)c1cn(-c2cccnc2)nn1. The van der Waals surface area contributed by atoms with Crippen molar-refractivity contribution in [3.63, 3.8) is 0 Å². The molecule has 1 N–H and O–H groups in total. The lowest BCUT2D eigenvalue weighted by Crippen LogP contribution is -1.96. The molecule has 0 saturated heterocycles. The van der Waals surface area contributed by atoms with Gasteiger partial charge in [-0.2, -0.15) is 0 Å². The highest BCUT2D eigenvalue weighted by Crippen LogP contribution is 2.03. The smallest absolute Gasteiger partial charge is 0.358 e. The van der Waals surface area contributed by atoms with Gasteiger partial charge >= 0.3 is 5.97 Å². The Kier molecular flexibility index (Phi) is 3.35. The van der Waals surface area contributed by atoms with E-state index in [1.54, 1.807) is 24.5 Å². The molecule has 2 aromatic rings. The number of carboxylic acid groups (broad SMARTS) is 1. The molecule has 6 nitrogen and oxygen atoms in total. The molecule has 15 heavy (non-hydrogen) atoms. The number of carbonyl (C=O) groups is 1. The normalized spacial score (nSPS) is 9.33. The van der Waals surface area contributed by atoms with Crippen molar-refractivity contribution in [3.05, 3.63) is 36.4 Å². The van der Waals surface area contributed by atoms with Gasteiger partial charge in [0.05, 0.1) is 18.1 Å². The second-order valence-corrected chi connectivity index (χ2v) is 2.56. The number of carboxylic acids is 1. The molecule has 0 bridgehead atoms. The minimum Gasteiger partial charge on any atom is -0.476 e. The predicted molar refractivity (Wildman–Crippen MR) is 53.4 cm³/mol. The lowest BCUT2D eigenvalue weighted by atomic mass is 10.4. The van der Waals surface area contributed by atoms with Gasteiger partial charge < -0.3 is 5.11 Å². The zero-order valence-electron chi connectivity index (χ0n) is 7.44. The Morgan fingerprint density at radius 1 is 1.47 bits per heavy atom. The van der Waals surface area contributed by atoms with Crippen LogP contribution < -0.4 is 0 Å². The van der Waals surface area contributed by atoms with Gasteiger partial charge in [0, 0.05) is 6.20 Å². The zero-order valence-corrected chi connectivity index (χ0v) is 8.26. The van der Waals surface area contributed by atoms with Gasteiger partial charge in [-0.05, 0) is 12.1 Å². The first-order valence-electron chi connectivity index (χ1n) is 3.83. The molecule has 7 heteroatoms. The largest absolute Gasteiger partial charge is 0.476 e. The molecule has 0 spiro atoms. The van der Waals surface area contributed by atoms with Crippen molar-refractivity contribution >= 4 is 18.4 Å². The highest BCUT2D eigenvalue weighted by atomic mass is 35.5. The van der Waals surface area contributed by atoms with E-state index in [0.29, 0.717) is 5.69 Å². The molecule has 0 unspecified atom stereocenters. The third-order valence-corrected chi connectivity index (χ3v) is 1.62. The first-order valence-corrected chi connectivity index (χ1v) is 3.83. The van der Waals surface area contributed by atoms with Crippen molar-refractivity contribution in [1.29, 1.82) is 0 Å². The van der Waals surface area contributed by atoms with Crippen LogP contribution in [0.1, 0.15) is 10.5 Å². The fraction of sp³-hybridized carbons (Fsp3) is 0. The molecule has 0 radical (unpaired) electrons. The monoisotopic (exact) mass is 226 g/mol. The molecule has 0 aliphatic rings. The molecule has 2 aromatic heterocycles. The Bertz CT molecular complexity index is 457. The zero-order chi connectivity index (χ0) is 9.97. The molecule has 0 amide bonds. The van der Waals surface area contributed by atoms with E-state index in [2.05, 4.69) is 15.3 Å². The topological polar surface area (TPSA) is 80.9 Å². The summed E-state index contributed by atoms with van der Waals surface area (Å²) >= 11 is 0. The van der Waals surface area contributed by atoms with Gasteiger partial charge in [-0.15, -0.1) is 17.5 Å². The maximum absolute atomic E-state index is 10.5. The predicted octanol–water partition coefficient (Wildman–Crippen LogP) is 0.782. The lowest BCUT2D eigenvalue weighted by Gasteiger charge is -1.95. The number of rotatable bonds is 2. The van der Waals surface area contributed by atoms with E-state index in [-0.39, 0.29) is 18.1 Å². The summed E-state index contributed by atoms with van der Waals surface area (Å²) in [5.74, 6) is -1.10. The molecule has 0 aliphatic heterocycles. The van der Waals surface area contributed by atoms with Gasteiger partial charge in [-0.25, -0.2) is 9.48 Å². The van der Waals surface area contributed by atoms with Crippen LogP contribution in [-0.2, 0) is 0 Å². The standard InChI is InChI=1S/C8H6N4O2.ClH/c13-8(14)7-5-12(11-10-7)6-2-1-3-9-4-6;/h1-5H,(H,13,14);1H. The van der Waals surface area contributed by atoms with E-state index < -0.39 is 5.97 Å². The van der Waals surface area contributed by atoms with Crippen LogP contribution in [0.4, 0.5) is 0 Å². The molecule has 2 heterocycles. The Labute approximate surface area is 91.0 Å². The van der Waals surface area contributed by atoms with E-state index >= 15 is 0 Å². The third-order valence-electron chi connectivity index (χ3n) is 1.62. The van der Waals surface area contributed by atoms with Crippen LogP contribution in [0.2, 0.25) is 0 Å². The van der Waals surface area contributed by atoms with Crippen LogP contribution in [0.15, 0.2) is 30.7 Å². The van der Waals surface area contributed by atoms with Gasteiger partial charge in [0.25, 0.3) is 0 Å². The summed E-state index contributed by atoms with van der Waals surface area (Å²) in [6.07, 6.45) is 4.53. The molecule has 0 fully saturated rings. The van der Waals surface area contributed by atoms with Crippen molar-refractivity contribution in [1.82, 2.24) is 20.0 Å². The van der Waals surface area contributed by atoms with E-state index in [1.807, 2.05) is 0 Å². The minimum absolute atomic E-state index is 0. The van der Waals surface area contributed by atoms with Crippen molar-refractivity contribution in [2.45, 2.75) is 0 Å². The summed E-state index contributed by atoms with van der Waals surface area (Å²) in [6.45, 7) is 0. The second-order valence-electron chi connectivity index (χ2n) is 2.56. The second kappa shape index (κ2) is 4.52. The number of hydrogen-bond acceptors (Lipinski definition) is 4. The van der Waals surface area contributed by atoms with Crippen molar-refractivity contribution in [3.8, 4) is 5.69 Å². The fourth-order valence-corrected chi connectivity index (χ4v) is 0.977. The Morgan fingerprint density at radius 2 is 2.27 bits per heavy atom. The highest BCUT2D eigenvalue weighted by Gasteiger charge is 2.08. The number of aromatic carboxylic acids is 1. The Balaban J connectivity index is 0.00000112. The third kappa shape index (κ3) is 2.29. The van der Waals surface area contributed by atoms with E-state index in [1.165, 1.54) is 10.9 Å². The molecule has 78 valence electrons. The van der Waals surface area contributed by atoms with Crippen LogP contribution in [-0.4, -0.2) is 31.1 Å². The highest BCUT2D eigenvalue weighted by molar-refractivity contribution is 5.85. The van der Waals surface area contributed by atoms with Gasteiger partial charge in [-0.3, -0.25) is 4.98 Å². The minimum atomic E-state index is -1.10. The first kappa shape index (κ1) is 11.1. The molecule has 2 rings (SSSR count). The number of nitrogens with zero attached hydrogens (tertiary/aromatic N) is 4. The van der Waals surface area contributed by atoms with Crippen LogP contribution in [0.25, 0.3) is 5.69 Å². The molecule has 0 saturated carbocycles. The summed E-state index contributed by atoms with van der Waals surface area (Å²) in [6, 6.07) is 3.49. The van der Waals surface area contributed by atoms with Gasteiger partial charge in [0.1, 0.15) is 0 Å². The van der Waals surface area contributed by atoms with E-state index in [4.69, 9.17) is 5.11 Å². The van der Waals surface area contributed by atoms with Crippen molar-refractivity contribution in [2.75, 3.05) is 0 Å². The van der Waals surface area contributed by atoms with Crippen LogP contribution >= 0.6 is 12.4 Å². The maximum Gasteiger partial charge on any atom is 0.358 e. The molecular formula is C8H7ClN4O2. The lowest BCUT2D eigenvalue weighted by molar-refractivity contribution is 0.0690. The first-order chi connectivity index (χ1) is 6.77. The number of pyridine rings is 1. The van der Waals surface area contributed by atoms with Crippen LogP contribution in [0, 0.1) is 0 Å². The molecular weight excluding hydrogens is 220 g/mol. The molecule has 0 atom stereocenters. The summed E-state index contributed by atoms with van der Waals surface area (Å²) in [5.41, 5.74) is 0.585. The average molecular weight is 227 g/mol. The number of halogens is 1. The summed E-state index contributed by atoms with van der Waals surface area (Å²) < 4.78 is 1.36. The van der Waals surface area contributed by atoms with Crippen LogP contribution in [0.5, 0.6) is 0 Å². The van der Waals surface area contributed by atoms with Crippen molar-refractivity contribution in [2.24, 2.45) is 0 Å². The van der Waals surface area contributed by atoms with Gasteiger partial charge in [0.15, 0.2) is 5.69 Å². The maximum atomic E-state index is 10.5. The van der Waals surface area contributed by atoms with E-state index in [0.717, 1.165) is 0 Å². The summed E-state index contributed by atoms with van der Waals surface area (Å²) in [4.78, 5) is 14.4. The molecule has 0 aromatic carbocycles. The Hall–Kier alpha value is -1.95. The quantitative estimate of drug-likeness (QED) is 0.819. The van der Waals surface area contributed by atoms with E-state index in [9.17, 15) is 4.79 Å². The molecule has 0 aliphatic carbocycles. The van der Waals surface area contributed by atoms with Gasteiger partial charge in [0.2, 0.25) is 0 Å². The summed E-state index contributed by atoms with van der Waals surface area (Å²) in [7, 11) is 0.